The molecule has 12 unspecified atom stereocenters. The zero-order valence-electron chi connectivity index (χ0n) is 56.0. The van der Waals surface area contributed by atoms with E-state index < -0.39 is 86.8 Å². The highest BCUT2D eigenvalue weighted by molar-refractivity contribution is 5.76. The molecule has 14 nitrogen and oxygen atoms in total. The van der Waals surface area contributed by atoms with E-state index in [1.807, 2.05) is 6.08 Å². The molecule has 0 radical (unpaired) electrons. The Hall–Kier alpha value is -2.31. The molecule has 2 rings (SSSR count). The molecule has 0 spiro atoms. The molecule has 0 aromatic carbocycles. The molecule has 2 aliphatic heterocycles. The maximum atomic E-state index is 13.3. The highest BCUT2D eigenvalue weighted by Crippen LogP contribution is 2.30. The minimum Gasteiger partial charge on any atom is -0.394 e. The van der Waals surface area contributed by atoms with Gasteiger partial charge in [0.15, 0.2) is 12.6 Å². The van der Waals surface area contributed by atoms with Crippen LogP contribution in [0.3, 0.4) is 0 Å². The van der Waals surface area contributed by atoms with Gasteiger partial charge in [-0.05, 0) is 77.0 Å². The molecule has 12 atom stereocenters. The highest BCUT2D eigenvalue weighted by Gasteiger charge is 2.51. The highest BCUT2D eigenvalue weighted by atomic mass is 16.7. The first-order chi connectivity index (χ1) is 43.1. The lowest BCUT2D eigenvalue weighted by Gasteiger charge is -2.46. The second kappa shape index (κ2) is 58.5. The van der Waals surface area contributed by atoms with Gasteiger partial charge < -0.3 is 65.1 Å². The van der Waals surface area contributed by atoms with Crippen LogP contribution >= 0.6 is 0 Å². The summed E-state index contributed by atoms with van der Waals surface area (Å²) in [6.07, 6.45) is 61.4. The molecule has 14 heteroatoms. The van der Waals surface area contributed by atoms with Crippen molar-refractivity contribution in [3.8, 4) is 0 Å². The van der Waals surface area contributed by atoms with Crippen molar-refractivity contribution >= 4 is 5.91 Å². The summed E-state index contributed by atoms with van der Waals surface area (Å²) in [7, 11) is 0. The van der Waals surface area contributed by atoms with Gasteiger partial charge in [-0.1, -0.05) is 286 Å². The van der Waals surface area contributed by atoms with Crippen molar-refractivity contribution in [1.82, 2.24) is 5.32 Å². The summed E-state index contributed by atoms with van der Waals surface area (Å²) in [6.45, 7) is 2.80. The van der Waals surface area contributed by atoms with Crippen LogP contribution < -0.4 is 5.32 Å². The molecule has 88 heavy (non-hydrogen) atoms. The van der Waals surface area contributed by atoms with Crippen LogP contribution in [0.4, 0.5) is 0 Å². The number of hydrogen-bond donors (Lipinski definition) is 9. The zero-order valence-corrected chi connectivity index (χ0v) is 56.0. The third-order valence-electron chi connectivity index (χ3n) is 17.7. The third kappa shape index (κ3) is 42.0. The summed E-state index contributed by atoms with van der Waals surface area (Å²) in [6, 6.07) is -0.942. The van der Waals surface area contributed by atoms with Crippen LogP contribution in [0.1, 0.15) is 309 Å². The monoisotopic (exact) mass is 1250 g/mol. The fourth-order valence-electron chi connectivity index (χ4n) is 11.8. The van der Waals surface area contributed by atoms with Gasteiger partial charge in [0, 0.05) is 6.42 Å². The van der Waals surface area contributed by atoms with Crippen LogP contribution in [0.25, 0.3) is 0 Å². The molecule has 0 aromatic heterocycles. The molecule has 0 aliphatic carbocycles. The first-order valence-electron chi connectivity index (χ1n) is 36.5. The Morgan fingerprint density at radius 3 is 1.18 bits per heavy atom. The molecule has 2 heterocycles. The predicted octanol–water partition coefficient (Wildman–Crippen LogP) is 15.2. The first-order valence-corrected chi connectivity index (χ1v) is 36.5. The average Bonchev–Trinajstić information content (AvgIpc) is 2.07. The molecular weight excluding hydrogens is 1110 g/mol. The van der Waals surface area contributed by atoms with Crippen molar-refractivity contribution in [1.29, 1.82) is 0 Å². The number of carbonyl (C=O) groups is 1. The van der Waals surface area contributed by atoms with Crippen molar-refractivity contribution in [3.05, 3.63) is 60.8 Å². The number of carbonyl (C=O) groups excluding carboxylic acids is 1. The Bertz CT molecular complexity index is 1710. The van der Waals surface area contributed by atoms with E-state index in [-0.39, 0.29) is 18.9 Å². The van der Waals surface area contributed by atoms with E-state index in [4.69, 9.17) is 18.9 Å². The minimum absolute atomic E-state index is 0.252. The fraction of sp³-hybridized carbons (Fsp3) is 0.851. The second-order valence-electron chi connectivity index (χ2n) is 25.7. The topological polar surface area (TPSA) is 228 Å². The normalized spacial score (nSPS) is 23.5. The lowest BCUT2D eigenvalue weighted by molar-refractivity contribution is -0.359. The maximum Gasteiger partial charge on any atom is 0.220 e. The van der Waals surface area contributed by atoms with Crippen LogP contribution in [-0.2, 0) is 23.7 Å². The second-order valence-corrected chi connectivity index (χ2v) is 25.7. The molecule has 0 aromatic rings. The van der Waals surface area contributed by atoms with Crippen LogP contribution in [-0.4, -0.2) is 140 Å². The molecule has 0 saturated carbocycles. The predicted molar refractivity (Wildman–Crippen MR) is 360 cm³/mol. The largest absolute Gasteiger partial charge is 0.394 e. The van der Waals surface area contributed by atoms with Gasteiger partial charge >= 0.3 is 0 Å². The van der Waals surface area contributed by atoms with Crippen molar-refractivity contribution in [2.75, 3.05) is 19.8 Å². The number of aliphatic hydroxyl groups is 8. The van der Waals surface area contributed by atoms with Gasteiger partial charge in [0.25, 0.3) is 0 Å². The van der Waals surface area contributed by atoms with Gasteiger partial charge in [-0.2, -0.15) is 0 Å². The van der Waals surface area contributed by atoms with Crippen molar-refractivity contribution < 1.29 is 64.6 Å². The van der Waals surface area contributed by atoms with Crippen molar-refractivity contribution in [3.63, 3.8) is 0 Å². The maximum absolute atomic E-state index is 13.3. The van der Waals surface area contributed by atoms with Gasteiger partial charge in [-0.25, -0.2) is 0 Å². The fourth-order valence-corrected chi connectivity index (χ4v) is 11.8. The molecule has 514 valence electrons. The number of nitrogens with one attached hydrogen (secondary N) is 1. The van der Waals surface area contributed by atoms with E-state index in [1.165, 1.54) is 225 Å². The van der Waals surface area contributed by atoms with Crippen LogP contribution in [0.5, 0.6) is 0 Å². The van der Waals surface area contributed by atoms with E-state index in [9.17, 15) is 45.6 Å². The van der Waals surface area contributed by atoms with Crippen molar-refractivity contribution in [2.45, 2.75) is 383 Å². The summed E-state index contributed by atoms with van der Waals surface area (Å²) < 4.78 is 22.8. The summed E-state index contributed by atoms with van der Waals surface area (Å²) >= 11 is 0. The lowest BCUT2D eigenvalue weighted by Crippen LogP contribution is -2.65. The van der Waals surface area contributed by atoms with E-state index in [0.717, 1.165) is 51.4 Å². The molecule has 1 amide bonds. The smallest absolute Gasteiger partial charge is 0.220 e. The standard InChI is InChI=1S/C74H135NO13/c1-3-5-7-9-11-13-15-17-19-21-23-25-27-29-30-31-32-34-35-37-39-41-43-45-47-49-51-53-55-57-63(78)62(61-85-73-71(84)69(82)72(65(60-77)87-73)88-74-70(83)68(81)67(80)64(59-76)86-74)75-66(79)58-56-54-52-50-48-46-44-42-40-38-36-33-28-26-24-22-20-18-16-14-12-10-8-6-4-2/h16,18,22,24,39,41,47,49,55,57,62-65,67-74,76-78,80-84H,3-15,17,19-21,23,25-38,40,42-46,48,50-54,56,58-61H2,1-2H3,(H,75,79)/b18-16-,24-22-,41-39+,49-47+,57-55+. The molecule has 9 N–H and O–H groups in total. The average molecular weight is 1250 g/mol. The van der Waals surface area contributed by atoms with E-state index in [2.05, 4.69) is 67.8 Å². The van der Waals surface area contributed by atoms with Gasteiger partial charge in [0.1, 0.15) is 48.8 Å². The molecule has 0 bridgehead atoms. The molecule has 2 fully saturated rings. The zero-order chi connectivity index (χ0) is 63.8. The van der Waals surface area contributed by atoms with Crippen LogP contribution in [0.15, 0.2) is 60.8 Å². The molecule has 2 aliphatic rings. The van der Waals surface area contributed by atoms with Gasteiger partial charge in [0.05, 0.1) is 32.0 Å². The Kier molecular flexibility index (Phi) is 54.4. The number of unbranched alkanes of at least 4 members (excludes halogenated alkanes) is 39. The Morgan fingerprint density at radius 1 is 0.409 bits per heavy atom. The number of aliphatic hydroxyl groups excluding tert-OH is 8. The van der Waals surface area contributed by atoms with E-state index >= 15 is 0 Å². The van der Waals surface area contributed by atoms with Gasteiger partial charge in [-0.15, -0.1) is 0 Å². The van der Waals surface area contributed by atoms with E-state index in [0.29, 0.717) is 12.8 Å². The number of allylic oxidation sites excluding steroid dienone is 9. The Labute approximate surface area is 536 Å². The summed E-state index contributed by atoms with van der Waals surface area (Å²) in [5.41, 5.74) is 0. The number of amides is 1. The summed E-state index contributed by atoms with van der Waals surface area (Å²) in [4.78, 5) is 13.3. The third-order valence-corrected chi connectivity index (χ3v) is 17.7. The van der Waals surface area contributed by atoms with E-state index in [1.54, 1.807) is 6.08 Å². The van der Waals surface area contributed by atoms with Crippen molar-refractivity contribution in [2.24, 2.45) is 0 Å². The SMILES string of the molecule is CCCCCCC/C=C\C/C=C\CCCCCCCCCCCCCCCC(=O)NC(COC1OC(CO)C(OC2OC(CO)C(O)C(O)C2O)C(O)C1O)C(O)/C=C/CC/C=C/CC/C=C/CCCCCCCCCCCCCCCCCCCCC. The van der Waals surface area contributed by atoms with Crippen LogP contribution in [0, 0.1) is 0 Å². The molecular formula is C74H135NO13. The van der Waals surface area contributed by atoms with Crippen LogP contribution in [0.2, 0.25) is 0 Å². The Morgan fingerprint density at radius 2 is 0.761 bits per heavy atom. The quantitative estimate of drug-likeness (QED) is 0.0204. The first kappa shape index (κ1) is 81.8. The number of rotatable bonds is 60. The number of ether oxygens (including phenoxy) is 4. The summed E-state index contributed by atoms with van der Waals surface area (Å²) in [5.74, 6) is -0.252. The van der Waals surface area contributed by atoms with Gasteiger partial charge in [-0.3, -0.25) is 4.79 Å². The summed E-state index contributed by atoms with van der Waals surface area (Å²) in [5, 5.41) is 87.5. The molecule has 2 saturated heterocycles. The minimum atomic E-state index is -1.80. The van der Waals surface area contributed by atoms with Gasteiger partial charge in [0.2, 0.25) is 5.91 Å². The lowest BCUT2D eigenvalue weighted by atomic mass is 9.97. The number of hydrogen-bond acceptors (Lipinski definition) is 13. The Balaban J connectivity index is 1.69.